The third-order valence-corrected chi connectivity index (χ3v) is 3.59. The van der Waals surface area contributed by atoms with E-state index in [4.69, 9.17) is 25.8 Å². The molecule has 0 amide bonds. The minimum atomic E-state index is 0.573. The van der Waals surface area contributed by atoms with Crippen LogP contribution in [0.4, 0.5) is 0 Å². The van der Waals surface area contributed by atoms with Crippen LogP contribution in [-0.4, -0.2) is 21.3 Å². The van der Waals surface area contributed by atoms with Gasteiger partial charge in [-0.05, 0) is 36.2 Å². The molecule has 0 N–H and O–H groups in total. The molecule has 2 aromatic rings. The van der Waals surface area contributed by atoms with E-state index in [9.17, 15) is 0 Å². The summed E-state index contributed by atoms with van der Waals surface area (Å²) in [4.78, 5) is 0. The van der Waals surface area contributed by atoms with Crippen molar-refractivity contribution in [2.75, 3.05) is 21.3 Å². The zero-order valence-corrected chi connectivity index (χ0v) is 12.7. The number of halogens is 1. The molecule has 0 fully saturated rings. The van der Waals surface area contributed by atoms with Crippen molar-refractivity contribution >= 4 is 11.6 Å². The van der Waals surface area contributed by atoms with Crippen LogP contribution < -0.4 is 14.2 Å². The van der Waals surface area contributed by atoms with Crippen molar-refractivity contribution in [1.29, 1.82) is 0 Å². The normalized spacial score (nSPS) is 10.2. The Morgan fingerprint density at radius 1 is 0.850 bits per heavy atom. The summed E-state index contributed by atoms with van der Waals surface area (Å²) in [6, 6.07) is 9.69. The summed E-state index contributed by atoms with van der Waals surface area (Å²) in [7, 11) is 4.79. The van der Waals surface area contributed by atoms with E-state index in [0.29, 0.717) is 17.2 Å². The maximum Gasteiger partial charge on any atom is 0.203 e. The van der Waals surface area contributed by atoms with E-state index < -0.39 is 0 Å². The fourth-order valence-electron chi connectivity index (χ4n) is 2.09. The molecule has 106 valence electrons. The first kappa shape index (κ1) is 14.5. The molecule has 0 radical (unpaired) electrons. The quantitative estimate of drug-likeness (QED) is 0.839. The minimum absolute atomic E-state index is 0.573. The Bertz CT molecular complexity index is 623. The van der Waals surface area contributed by atoms with Crippen molar-refractivity contribution in [3.63, 3.8) is 0 Å². The van der Waals surface area contributed by atoms with E-state index in [0.717, 1.165) is 21.7 Å². The highest BCUT2D eigenvalue weighted by Crippen LogP contribution is 2.44. The largest absolute Gasteiger partial charge is 0.493 e. The Kier molecular flexibility index (Phi) is 4.40. The van der Waals surface area contributed by atoms with Crippen LogP contribution in [0.15, 0.2) is 30.3 Å². The van der Waals surface area contributed by atoms with Crippen LogP contribution in [0.5, 0.6) is 17.2 Å². The molecule has 0 aliphatic carbocycles. The van der Waals surface area contributed by atoms with Crippen LogP contribution in [-0.2, 0) is 0 Å². The van der Waals surface area contributed by atoms with Gasteiger partial charge in [-0.15, -0.1) is 0 Å². The van der Waals surface area contributed by atoms with E-state index in [1.54, 1.807) is 21.3 Å². The molecule has 3 nitrogen and oxygen atoms in total. The van der Waals surface area contributed by atoms with Crippen molar-refractivity contribution in [3.8, 4) is 28.4 Å². The van der Waals surface area contributed by atoms with E-state index in [1.165, 1.54) is 0 Å². The lowest BCUT2D eigenvalue weighted by atomic mass is 10.0. The molecule has 2 rings (SSSR count). The molecule has 0 spiro atoms. The van der Waals surface area contributed by atoms with Crippen LogP contribution in [0.1, 0.15) is 5.56 Å². The van der Waals surface area contributed by atoms with Gasteiger partial charge in [0.15, 0.2) is 11.5 Å². The van der Waals surface area contributed by atoms with Gasteiger partial charge in [0.1, 0.15) is 0 Å². The second-order valence-electron chi connectivity index (χ2n) is 4.35. The molecule has 0 saturated carbocycles. The van der Waals surface area contributed by atoms with Crippen LogP contribution >= 0.6 is 11.6 Å². The number of rotatable bonds is 4. The van der Waals surface area contributed by atoms with Gasteiger partial charge in [-0.2, -0.15) is 0 Å². The Balaban J connectivity index is 2.64. The fourth-order valence-corrected chi connectivity index (χ4v) is 2.27. The van der Waals surface area contributed by atoms with Gasteiger partial charge < -0.3 is 14.2 Å². The van der Waals surface area contributed by atoms with Crippen molar-refractivity contribution in [2.45, 2.75) is 6.92 Å². The van der Waals surface area contributed by atoms with Crippen LogP contribution in [0.2, 0.25) is 5.02 Å². The van der Waals surface area contributed by atoms with Gasteiger partial charge in [-0.25, -0.2) is 0 Å². The average molecular weight is 293 g/mol. The molecule has 0 bridgehead atoms. The Labute approximate surface area is 124 Å². The van der Waals surface area contributed by atoms with Crippen LogP contribution in [0.3, 0.4) is 0 Å². The molecule has 0 heterocycles. The molecule has 0 atom stereocenters. The molecule has 20 heavy (non-hydrogen) atoms. The summed E-state index contributed by atoms with van der Waals surface area (Å²) in [6.07, 6.45) is 0. The Morgan fingerprint density at radius 2 is 1.55 bits per heavy atom. The first-order chi connectivity index (χ1) is 9.62. The molecule has 4 heteroatoms. The summed E-state index contributed by atoms with van der Waals surface area (Å²) in [5.41, 5.74) is 2.92. The van der Waals surface area contributed by atoms with Gasteiger partial charge in [0.25, 0.3) is 0 Å². The maximum absolute atomic E-state index is 6.19. The highest BCUT2D eigenvalue weighted by molar-refractivity contribution is 6.31. The fraction of sp³-hybridized carbons (Fsp3) is 0.250. The van der Waals surface area contributed by atoms with Crippen LogP contribution in [0.25, 0.3) is 11.1 Å². The lowest BCUT2D eigenvalue weighted by Gasteiger charge is -2.16. The number of methoxy groups -OCH3 is 3. The number of hydrogen-bond acceptors (Lipinski definition) is 3. The summed E-state index contributed by atoms with van der Waals surface area (Å²) in [5.74, 6) is 1.84. The predicted molar refractivity (Wildman–Crippen MR) is 81.3 cm³/mol. The Morgan fingerprint density at radius 3 is 2.10 bits per heavy atom. The van der Waals surface area contributed by atoms with Gasteiger partial charge in [-0.3, -0.25) is 0 Å². The van der Waals surface area contributed by atoms with Crippen molar-refractivity contribution < 1.29 is 14.2 Å². The topological polar surface area (TPSA) is 27.7 Å². The van der Waals surface area contributed by atoms with E-state index >= 15 is 0 Å². The summed E-state index contributed by atoms with van der Waals surface area (Å²) < 4.78 is 16.2. The van der Waals surface area contributed by atoms with Crippen molar-refractivity contribution in [1.82, 2.24) is 0 Å². The number of benzene rings is 2. The molecule has 0 aliphatic heterocycles. The van der Waals surface area contributed by atoms with Crippen LogP contribution in [0, 0.1) is 6.92 Å². The first-order valence-corrected chi connectivity index (χ1v) is 6.55. The molecular weight excluding hydrogens is 276 g/mol. The summed E-state index contributed by atoms with van der Waals surface area (Å²) >= 11 is 6.19. The molecule has 0 saturated heterocycles. The first-order valence-electron chi connectivity index (χ1n) is 6.17. The Hall–Kier alpha value is -1.87. The highest BCUT2D eigenvalue weighted by atomic mass is 35.5. The SMILES string of the molecule is COc1ccc(-c2ccc(C)c(Cl)c2)c(OC)c1OC. The third kappa shape index (κ3) is 2.54. The number of hydrogen-bond donors (Lipinski definition) is 0. The zero-order valence-electron chi connectivity index (χ0n) is 12.0. The number of aryl methyl sites for hydroxylation is 1. The minimum Gasteiger partial charge on any atom is -0.493 e. The zero-order chi connectivity index (χ0) is 14.7. The number of ether oxygens (including phenoxy) is 3. The second kappa shape index (κ2) is 6.06. The lowest BCUT2D eigenvalue weighted by Crippen LogP contribution is -1.97. The van der Waals surface area contributed by atoms with Gasteiger partial charge >= 0.3 is 0 Å². The van der Waals surface area contributed by atoms with Crippen molar-refractivity contribution in [3.05, 3.63) is 40.9 Å². The highest BCUT2D eigenvalue weighted by Gasteiger charge is 2.17. The summed E-state index contributed by atoms with van der Waals surface area (Å²) in [5, 5.41) is 0.722. The van der Waals surface area contributed by atoms with Gasteiger partial charge in [0, 0.05) is 10.6 Å². The summed E-state index contributed by atoms with van der Waals surface area (Å²) in [6.45, 7) is 1.97. The second-order valence-corrected chi connectivity index (χ2v) is 4.75. The molecule has 0 unspecified atom stereocenters. The van der Waals surface area contributed by atoms with Crippen molar-refractivity contribution in [2.24, 2.45) is 0 Å². The standard InChI is InChI=1S/C16H17ClO3/c1-10-5-6-11(9-13(10)17)12-7-8-14(18-2)16(20-4)15(12)19-3/h5-9H,1-4H3. The predicted octanol–water partition coefficient (Wildman–Crippen LogP) is 4.34. The van der Waals surface area contributed by atoms with Gasteiger partial charge in [-0.1, -0.05) is 23.7 Å². The smallest absolute Gasteiger partial charge is 0.203 e. The molecule has 0 aliphatic rings. The third-order valence-electron chi connectivity index (χ3n) is 3.19. The van der Waals surface area contributed by atoms with E-state index in [2.05, 4.69) is 0 Å². The monoisotopic (exact) mass is 292 g/mol. The molecule has 0 aromatic heterocycles. The van der Waals surface area contributed by atoms with E-state index in [-0.39, 0.29) is 0 Å². The molecular formula is C16H17ClO3. The maximum atomic E-state index is 6.19. The van der Waals surface area contributed by atoms with Gasteiger partial charge in [0.2, 0.25) is 5.75 Å². The lowest BCUT2D eigenvalue weighted by molar-refractivity contribution is 0.325. The average Bonchev–Trinajstić information content (AvgIpc) is 2.48. The molecule has 2 aromatic carbocycles. The van der Waals surface area contributed by atoms with Gasteiger partial charge in [0.05, 0.1) is 21.3 Å². The van der Waals surface area contributed by atoms with E-state index in [1.807, 2.05) is 37.3 Å².